The van der Waals surface area contributed by atoms with Crippen molar-refractivity contribution in [3.8, 4) is 5.75 Å². The fourth-order valence-corrected chi connectivity index (χ4v) is 3.79. The molecule has 1 aromatic carbocycles. The number of nitrogens with zero attached hydrogens (tertiary/aromatic N) is 3. The summed E-state index contributed by atoms with van der Waals surface area (Å²) in [6.07, 6.45) is 1.32. The molecular formula is C18H21N3O6S. The third-order valence-electron chi connectivity index (χ3n) is 4.06. The number of benzene rings is 1. The zero-order valence-electron chi connectivity index (χ0n) is 15.9. The van der Waals surface area contributed by atoms with Gasteiger partial charge in [-0.3, -0.25) is 29.4 Å². The van der Waals surface area contributed by atoms with Crippen molar-refractivity contribution >= 4 is 40.6 Å². The Balaban J connectivity index is 2.24. The summed E-state index contributed by atoms with van der Waals surface area (Å²) < 4.78 is 0. The minimum absolute atomic E-state index is 0.0541. The predicted octanol–water partition coefficient (Wildman–Crippen LogP) is 2.98. The van der Waals surface area contributed by atoms with Gasteiger partial charge in [0.2, 0.25) is 5.91 Å². The number of phenols is 1. The van der Waals surface area contributed by atoms with E-state index in [4.69, 9.17) is 0 Å². The van der Waals surface area contributed by atoms with Gasteiger partial charge in [0.25, 0.3) is 11.1 Å². The van der Waals surface area contributed by atoms with E-state index in [2.05, 4.69) is 0 Å². The van der Waals surface area contributed by atoms with Crippen LogP contribution >= 0.6 is 11.8 Å². The third-order valence-corrected chi connectivity index (χ3v) is 4.97. The SMILES string of the molecule is CC(C)N(C(=O)CN1C(=O)S/C(=C\c2ccc(O)c([N+](=O)[O-])c2)C1=O)C(C)C. The number of nitro groups is 1. The first kappa shape index (κ1) is 21.4. The maximum Gasteiger partial charge on any atom is 0.311 e. The van der Waals surface area contributed by atoms with Crippen LogP contribution in [0.4, 0.5) is 10.5 Å². The first-order valence-electron chi connectivity index (χ1n) is 8.56. The summed E-state index contributed by atoms with van der Waals surface area (Å²) in [6, 6.07) is 3.47. The fourth-order valence-electron chi connectivity index (χ4n) is 2.95. The highest BCUT2D eigenvalue weighted by Gasteiger charge is 2.37. The van der Waals surface area contributed by atoms with Crippen LogP contribution in [0.5, 0.6) is 5.75 Å². The van der Waals surface area contributed by atoms with E-state index in [1.807, 2.05) is 27.7 Å². The summed E-state index contributed by atoms with van der Waals surface area (Å²) in [6.45, 7) is 7.04. The second-order valence-corrected chi connectivity index (χ2v) is 7.75. The molecule has 1 aromatic rings. The van der Waals surface area contributed by atoms with Crippen molar-refractivity contribution in [2.24, 2.45) is 0 Å². The lowest BCUT2D eigenvalue weighted by atomic mass is 10.1. The molecule has 1 heterocycles. The maximum absolute atomic E-state index is 12.6. The van der Waals surface area contributed by atoms with Crippen LogP contribution in [-0.4, -0.2) is 55.5 Å². The molecular weight excluding hydrogens is 386 g/mol. The number of hydrogen-bond acceptors (Lipinski definition) is 7. The van der Waals surface area contributed by atoms with E-state index in [9.17, 15) is 29.6 Å². The fraction of sp³-hybridized carbons (Fsp3) is 0.389. The lowest BCUT2D eigenvalue weighted by Crippen LogP contribution is -2.48. The summed E-state index contributed by atoms with van der Waals surface area (Å²) in [5, 5.41) is 19.8. The Morgan fingerprint density at radius 1 is 1.29 bits per heavy atom. The van der Waals surface area contributed by atoms with Crippen molar-refractivity contribution in [2.45, 2.75) is 39.8 Å². The Morgan fingerprint density at radius 3 is 2.43 bits per heavy atom. The summed E-state index contributed by atoms with van der Waals surface area (Å²) in [4.78, 5) is 50.0. The molecule has 28 heavy (non-hydrogen) atoms. The van der Waals surface area contributed by atoms with Crippen LogP contribution in [0.25, 0.3) is 6.08 Å². The molecule has 0 bridgehead atoms. The largest absolute Gasteiger partial charge is 0.502 e. The van der Waals surface area contributed by atoms with Gasteiger partial charge in [-0.15, -0.1) is 0 Å². The van der Waals surface area contributed by atoms with E-state index < -0.39 is 27.5 Å². The number of carbonyl (C=O) groups is 3. The lowest BCUT2D eigenvalue weighted by Gasteiger charge is -2.31. The van der Waals surface area contributed by atoms with Gasteiger partial charge in [-0.1, -0.05) is 6.07 Å². The van der Waals surface area contributed by atoms with E-state index in [0.717, 1.165) is 17.0 Å². The zero-order chi connectivity index (χ0) is 21.2. The van der Waals surface area contributed by atoms with E-state index in [0.29, 0.717) is 11.8 Å². The normalized spacial score (nSPS) is 15.8. The zero-order valence-corrected chi connectivity index (χ0v) is 16.7. The van der Waals surface area contributed by atoms with E-state index in [-0.39, 0.29) is 35.0 Å². The van der Waals surface area contributed by atoms with Crippen LogP contribution in [0.3, 0.4) is 0 Å². The molecule has 1 aliphatic heterocycles. The molecule has 1 saturated heterocycles. The first-order chi connectivity index (χ1) is 13.0. The molecule has 2 rings (SSSR count). The van der Waals surface area contributed by atoms with Crippen LogP contribution in [0.1, 0.15) is 33.3 Å². The number of aromatic hydroxyl groups is 1. The van der Waals surface area contributed by atoms with Crippen molar-refractivity contribution in [2.75, 3.05) is 6.54 Å². The van der Waals surface area contributed by atoms with E-state index in [1.165, 1.54) is 12.1 Å². The Kier molecular flexibility index (Phi) is 6.45. The quantitative estimate of drug-likeness (QED) is 0.437. The second-order valence-electron chi connectivity index (χ2n) is 6.76. The smallest absolute Gasteiger partial charge is 0.311 e. The van der Waals surface area contributed by atoms with Gasteiger partial charge in [0, 0.05) is 18.2 Å². The van der Waals surface area contributed by atoms with Crippen LogP contribution in [-0.2, 0) is 9.59 Å². The third kappa shape index (κ3) is 4.50. The number of thioether (sulfide) groups is 1. The monoisotopic (exact) mass is 407 g/mol. The Hall–Kier alpha value is -2.88. The average molecular weight is 407 g/mol. The number of nitro benzene ring substituents is 1. The van der Waals surface area contributed by atoms with Gasteiger partial charge in [0.1, 0.15) is 6.54 Å². The molecule has 0 aliphatic carbocycles. The number of phenolic OH excluding ortho intramolecular Hbond substituents is 1. The average Bonchev–Trinajstić information content (AvgIpc) is 2.83. The van der Waals surface area contributed by atoms with Gasteiger partial charge < -0.3 is 10.0 Å². The van der Waals surface area contributed by atoms with Gasteiger partial charge in [-0.2, -0.15) is 0 Å². The minimum atomic E-state index is -0.747. The number of amides is 3. The van der Waals surface area contributed by atoms with Crippen molar-refractivity contribution in [3.63, 3.8) is 0 Å². The molecule has 1 aliphatic rings. The van der Waals surface area contributed by atoms with Gasteiger partial charge in [-0.05, 0) is 57.2 Å². The van der Waals surface area contributed by atoms with Crippen molar-refractivity contribution in [1.29, 1.82) is 0 Å². The Morgan fingerprint density at radius 2 is 1.89 bits per heavy atom. The van der Waals surface area contributed by atoms with E-state index in [1.54, 1.807) is 4.90 Å². The Bertz CT molecular complexity index is 857. The molecule has 0 atom stereocenters. The number of imide groups is 1. The number of carbonyl (C=O) groups excluding carboxylic acids is 3. The molecule has 0 aromatic heterocycles. The van der Waals surface area contributed by atoms with Crippen molar-refractivity contribution in [3.05, 3.63) is 38.8 Å². The molecule has 9 nitrogen and oxygen atoms in total. The second kappa shape index (κ2) is 8.42. The summed E-state index contributed by atoms with van der Waals surface area (Å²) in [5.74, 6) is -1.47. The molecule has 3 amide bonds. The van der Waals surface area contributed by atoms with Gasteiger partial charge in [0.05, 0.1) is 9.83 Å². The minimum Gasteiger partial charge on any atom is -0.502 e. The lowest BCUT2D eigenvalue weighted by molar-refractivity contribution is -0.385. The standard InChI is InChI=1S/C18H21N3O6S/c1-10(2)20(11(3)4)16(23)9-19-17(24)15(28-18(19)25)8-12-5-6-14(22)13(7-12)21(26)27/h5-8,10-11,22H,9H2,1-4H3/b15-8-. The topological polar surface area (TPSA) is 121 Å². The molecule has 150 valence electrons. The van der Waals surface area contributed by atoms with E-state index >= 15 is 0 Å². The van der Waals surface area contributed by atoms with Gasteiger partial charge in [0.15, 0.2) is 5.75 Å². The summed E-state index contributed by atoms with van der Waals surface area (Å²) in [7, 11) is 0. The maximum atomic E-state index is 12.6. The van der Waals surface area contributed by atoms with Crippen LogP contribution < -0.4 is 0 Å². The predicted molar refractivity (Wildman–Crippen MR) is 105 cm³/mol. The Labute approximate surface area is 166 Å². The number of rotatable bonds is 6. The highest BCUT2D eigenvalue weighted by Crippen LogP contribution is 2.34. The molecule has 1 N–H and O–H groups in total. The van der Waals surface area contributed by atoms with Gasteiger partial charge in [-0.25, -0.2) is 0 Å². The molecule has 0 radical (unpaired) electrons. The summed E-state index contributed by atoms with van der Waals surface area (Å²) in [5.41, 5.74) is -0.222. The highest BCUT2D eigenvalue weighted by molar-refractivity contribution is 8.18. The first-order valence-corrected chi connectivity index (χ1v) is 9.38. The van der Waals surface area contributed by atoms with Gasteiger partial charge >= 0.3 is 5.69 Å². The molecule has 0 spiro atoms. The summed E-state index contributed by atoms with van der Waals surface area (Å²) >= 11 is 0.661. The van der Waals surface area contributed by atoms with Crippen LogP contribution in [0.15, 0.2) is 23.1 Å². The molecule has 0 unspecified atom stereocenters. The van der Waals surface area contributed by atoms with Crippen molar-refractivity contribution < 1.29 is 24.4 Å². The van der Waals surface area contributed by atoms with Crippen molar-refractivity contribution in [1.82, 2.24) is 9.80 Å². The highest BCUT2D eigenvalue weighted by atomic mass is 32.2. The van der Waals surface area contributed by atoms with Crippen LogP contribution in [0, 0.1) is 10.1 Å². The molecule has 0 saturated carbocycles. The van der Waals surface area contributed by atoms with Crippen LogP contribution in [0.2, 0.25) is 0 Å². The molecule has 10 heteroatoms. The number of hydrogen-bond donors (Lipinski definition) is 1. The molecule has 1 fully saturated rings.